The van der Waals surface area contributed by atoms with Gasteiger partial charge in [-0.15, -0.1) is 24.8 Å². The largest absolute Gasteiger partial charge is 0.385 e. The second kappa shape index (κ2) is 34.4. The Kier molecular flexibility index (Phi) is 27.2. The summed E-state index contributed by atoms with van der Waals surface area (Å²) >= 11 is 0. The van der Waals surface area contributed by atoms with Crippen molar-refractivity contribution in [1.82, 2.24) is 31.9 Å². The quantitative estimate of drug-likeness (QED) is 0.0245. The highest BCUT2D eigenvalue weighted by molar-refractivity contribution is 5.96. The van der Waals surface area contributed by atoms with Crippen LogP contribution in [-0.4, -0.2) is 76.2 Å². The number of carbonyl (C=O) groups is 6. The Morgan fingerprint density at radius 3 is 1.10 bits per heavy atom. The van der Waals surface area contributed by atoms with E-state index >= 15 is 0 Å². The lowest BCUT2D eigenvalue weighted by Crippen LogP contribution is -2.46. The third kappa shape index (κ3) is 20.9. The summed E-state index contributed by atoms with van der Waals surface area (Å²) in [5.74, 6) is -1.95. The van der Waals surface area contributed by atoms with Gasteiger partial charge in [-0.05, 0) is 110 Å². The van der Waals surface area contributed by atoms with Gasteiger partial charge in [-0.2, -0.15) is 0 Å². The number of aliphatic hydroxyl groups is 1. The van der Waals surface area contributed by atoms with Gasteiger partial charge in [-0.1, -0.05) is 176 Å². The van der Waals surface area contributed by atoms with Gasteiger partial charge in [0.25, 0.3) is 0 Å². The van der Waals surface area contributed by atoms with E-state index in [0.717, 1.165) is 59.1 Å². The normalized spacial score (nSPS) is 17.9. The Hall–Kier alpha value is -9.43. The number of nitrogens with one attached hydrogen (secondary N) is 9. The van der Waals surface area contributed by atoms with Crippen molar-refractivity contribution in [2.75, 3.05) is 0 Å². The first kappa shape index (κ1) is 71.3. The lowest BCUT2D eigenvalue weighted by molar-refractivity contribution is -0.131. The molecule has 474 valence electrons. The van der Waals surface area contributed by atoms with Crippen LogP contribution >= 0.6 is 24.8 Å². The maximum Gasteiger partial charge on any atom is 0.242 e. The summed E-state index contributed by atoms with van der Waals surface area (Å²) < 4.78 is 0. The van der Waals surface area contributed by atoms with Crippen LogP contribution in [0.1, 0.15) is 116 Å². The fourth-order valence-electron chi connectivity index (χ4n) is 10.5. The molecule has 9 rings (SSSR count). The van der Waals surface area contributed by atoms with E-state index in [1.54, 1.807) is 69.3 Å². The van der Waals surface area contributed by atoms with E-state index in [1.165, 1.54) is 11.1 Å². The van der Waals surface area contributed by atoms with E-state index in [-0.39, 0.29) is 95.5 Å². The van der Waals surface area contributed by atoms with Crippen molar-refractivity contribution in [3.63, 3.8) is 0 Å². The molecule has 0 aliphatic heterocycles. The zero-order valence-corrected chi connectivity index (χ0v) is 52.4. The van der Waals surface area contributed by atoms with Crippen LogP contribution in [0, 0.1) is 34.0 Å². The summed E-state index contributed by atoms with van der Waals surface area (Å²) in [5.41, 5.74) is 25.3. The standard InChI is InChI=1S/C23H28N4O3.2C23H26N4O2.2ClH/c1-15(21(28)26-14-16-7-9-17(10-8-16)20(24)25)27-22(29)18-11-12-23(30,13-18)19-5-3-2-4-6-19;2*1-15(22(28)26-14-16-7-9-18(10-8-16)21(24)25)27-23(29)20-12-11-19(13-20)17-5-3-2-4-6-17;;/h2-10,15,18,30H,11-14H2,1H3,(H3,24,25)(H,26,28)(H,27,29);2*2-10,13,15,20H,11-12,14H2,1H3,(H3,24,25)(H,26,28)(H,27,29);2*1H/t15-,18+,23-;2*15-,20+;;/m000../s1. The van der Waals surface area contributed by atoms with Gasteiger partial charge in [0.15, 0.2) is 0 Å². The maximum atomic E-state index is 12.6. The fraction of sp³-hybridized carbons (Fsp3) is 0.290. The van der Waals surface area contributed by atoms with E-state index in [1.807, 2.05) is 127 Å². The van der Waals surface area contributed by atoms with Crippen molar-refractivity contribution >= 4 is 88.9 Å². The molecule has 0 saturated heterocycles. The molecule has 16 N–H and O–H groups in total. The summed E-state index contributed by atoms with van der Waals surface area (Å²) in [7, 11) is 0. The smallest absolute Gasteiger partial charge is 0.242 e. The van der Waals surface area contributed by atoms with Crippen LogP contribution in [0.2, 0.25) is 0 Å². The predicted molar refractivity (Wildman–Crippen MR) is 357 cm³/mol. The Morgan fingerprint density at radius 1 is 0.467 bits per heavy atom. The Morgan fingerprint density at radius 2 is 0.778 bits per heavy atom. The number of carbonyl (C=O) groups excluding carboxylic acids is 6. The van der Waals surface area contributed by atoms with Crippen LogP contribution < -0.4 is 49.1 Å². The number of allylic oxidation sites excluding steroid dienone is 2. The van der Waals surface area contributed by atoms with Crippen LogP contribution in [0.15, 0.2) is 176 Å². The van der Waals surface area contributed by atoms with E-state index in [4.69, 9.17) is 33.4 Å². The summed E-state index contributed by atoms with van der Waals surface area (Å²) in [6, 6.07) is 48.8. The van der Waals surface area contributed by atoms with E-state index in [9.17, 15) is 33.9 Å². The number of nitrogen functional groups attached to an aromatic ring is 3. The monoisotopic (exact) mass is 1260 g/mol. The SMILES string of the molecule is C[C@H](NC(=O)[C@@H]1CC[C@@](O)(c2ccccc2)C1)C(=O)NCc1ccc(C(=N)N)cc1.C[C@H](NC(=O)[C@H]1C=C(c2ccccc2)CC1)C(=O)NCc1ccc(C(=N)N)cc1.C[C@H](NC(=O)[C@H]1C=C(c2ccccc2)CC1)C(=O)NCc1ccc(C(=N)N)cc1.Cl.Cl. The van der Waals surface area contributed by atoms with Crippen molar-refractivity contribution in [3.8, 4) is 0 Å². The highest BCUT2D eigenvalue weighted by Gasteiger charge is 2.42. The number of halogens is 2. The molecule has 3 aliphatic carbocycles. The average Bonchev–Trinajstić information content (AvgIpc) is 1.93. The molecule has 0 bridgehead atoms. The molecule has 1 fully saturated rings. The number of amides is 6. The van der Waals surface area contributed by atoms with Crippen LogP contribution in [0.25, 0.3) is 11.1 Å². The molecule has 0 heterocycles. The van der Waals surface area contributed by atoms with E-state index < -0.39 is 23.7 Å². The summed E-state index contributed by atoms with van der Waals surface area (Å²) in [6.07, 6.45) is 8.69. The molecule has 0 spiro atoms. The zero-order valence-electron chi connectivity index (χ0n) is 50.7. The summed E-state index contributed by atoms with van der Waals surface area (Å²) in [6.45, 7) is 6.02. The van der Waals surface area contributed by atoms with Gasteiger partial charge in [0.2, 0.25) is 35.4 Å². The van der Waals surface area contributed by atoms with E-state index in [0.29, 0.717) is 55.6 Å². The highest BCUT2D eigenvalue weighted by Crippen LogP contribution is 2.42. The Labute approximate surface area is 538 Å². The highest BCUT2D eigenvalue weighted by atomic mass is 35.5. The third-order valence-electron chi connectivity index (χ3n) is 15.8. The topological polar surface area (TPSA) is 344 Å². The number of hydrogen-bond acceptors (Lipinski definition) is 10. The van der Waals surface area contributed by atoms with Gasteiger partial charge in [0.05, 0.1) is 17.4 Å². The fourth-order valence-corrected chi connectivity index (χ4v) is 10.5. The zero-order chi connectivity index (χ0) is 63.3. The molecule has 6 aromatic carbocycles. The van der Waals surface area contributed by atoms with Gasteiger partial charge >= 0.3 is 0 Å². The molecule has 6 amide bonds. The van der Waals surface area contributed by atoms with Crippen molar-refractivity contribution in [2.24, 2.45) is 35.0 Å². The molecular weight excluding hydrogens is 1180 g/mol. The van der Waals surface area contributed by atoms with Gasteiger partial charge in [-0.3, -0.25) is 45.0 Å². The molecule has 0 radical (unpaired) electrons. The number of amidine groups is 3. The minimum Gasteiger partial charge on any atom is -0.385 e. The summed E-state index contributed by atoms with van der Waals surface area (Å²) in [4.78, 5) is 74.7. The molecule has 90 heavy (non-hydrogen) atoms. The lowest BCUT2D eigenvalue weighted by Gasteiger charge is -2.23. The average molecular weight is 1260 g/mol. The van der Waals surface area contributed by atoms with Crippen molar-refractivity contribution < 1.29 is 33.9 Å². The summed E-state index contributed by atoms with van der Waals surface area (Å²) in [5, 5.41) is 49.9. The number of nitrogens with two attached hydrogens (primary N) is 3. The van der Waals surface area contributed by atoms with Crippen LogP contribution in [0.3, 0.4) is 0 Å². The number of rotatable bonds is 21. The van der Waals surface area contributed by atoms with Gasteiger partial charge < -0.3 is 54.2 Å². The predicted octanol–water partition coefficient (Wildman–Crippen LogP) is 7.79. The lowest BCUT2D eigenvalue weighted by atomic mass is 9.91. The Bertz CT molecular complexity index is 3350. The first-order valence-corrected chi connectivity index (χ1v) is 29.5. The molecule has 21 heteroatoms. The molecular formula is C69H82Cl2N12O7. The second-order valence-electron chi connectivity index (χ2n) is 22.4. The second-order valence-corrected chi connectivity index (χ2v) is 22.4. The van der Waals surface area contributed by atoms with Gasteiger partial charge in [-0.25, -0.2) is 0 Å². The first-order valence-electron chi connectivity index (χ1n) is 29.5. The molecule has 0 unspecified atom stereocenters. The molecule has 7 atom stereocenters. The van der Waals surface area contributed by atoms with Crippen LogP contribution in [-0.2, 0) is 54.0 Å². The molecule has 3 aliphatic rings. The Balaban J connectivity index is 0.000000243. The van der Waals surface area contributed by atoms with Crippen molar-refractivity contribution in [2.45, 2.75) is 109 Å². The van der Waals surface area contributed by atoms with Crippen molar-refractivity contribution in [1.29, 1.82) is 16.2 Å². The first-order chi connectivity index (χ1) is 42.2. The maximum absolute atomic E-state index is 12.6. The van der Waals surface area contributed by atoms with Crippen LogP contribution in [0.5, 0.6) is 0 Å². The van der Waals surface area contributed by atoms with Crippen LogP contribution in [0.4, 0.5) is 0 Å². The molecule has 6 aromatic rings. The number of benzene rings is 6. The molecule has 0 aromatic heterocycles. The van der Waals surface area contributed by atoms with Gasteiger partial charge in [0.1, 0.15) is 35.6 Å². The molecule has 1 saturated carbocycles. The number of hydrogen-bond donors (Lipinski definition) is 13. The third-order valence-corrected chi connectivity index (χ3v) is 15.8. The minimum absolute atomic E-state index is 0. The van der Waals surface area contributed by atoms with E-state index in [2.05, 4.69) is 31.9 Å². The van der Waals surface area contributed by atoms with Crippen molar-refractivity contribution in [3.05, 3.63) is 226 Å². The minimum atomic E-state index is -0.999. The molecule has 19 nitrogen and oxygen atoms in total. The van der Waals surface area contributed by atoms with Gasteiger partial charge in [0, 0.05) is 42.2 Å².